The van der Waals surface area contributed by atoms with Gasteiger partial charge in [-0.15, -0.1) is 0 Å². The van der Waals surface area contributed by atoms with E-state index < -0.39 is 11.7 Å². The molecule has 4 unspecified atom stereocenters. The fourth-order valence-corrected chi connectivity index (χ4v) is 4.24. The predicted octanol–water partition coefficient (Wildman–Crippen LogP) is 1.22. The Morgan fingerprint density at radius 3 is 2.46 bits per heavy atom. The van der Waals surface area contributed by atoms with Crippen LogP contribution in [0.3, 0.4) is 0 Å². The minimum Gasteiger partial charge on any atom is -0.496 e. The highest BCUT2D eigenvalue weighted by molar-refractivity contribution is 5.92. The maximum absolute atomic E-state index is 14.2. The van der Waals surface area contributed by atoms with Gasteiger partial charge >= 0.3 is 0 Å². The van der Waals surface area contributed by atoms with Crippen molar-refractivity contribution in [3.05, 3.63) is 23.4 Å². The van der Waals surface area contributed by atoms with Crippen LogP contribution in [0.1, 0.15) is 13.8 Å². The molecule has 1 saturated carbocycles. The number of carbonyl (C=O) groups is 1. The van der Waals surface area contributed by atoms with E-state index in [2.05, 4.69) is 5.32 Å². The summed E-state index contributed by atoms with van der Waals surface area (Å²) in [5.74, 6) is 0.853. The van der Waals surface area contributed by atoms with Gasteiger partial charge in [-0.3, -0.25) is 9.69 Å². The lowest BCUT2D eigenvalue weighted by Crippen LogP contribution is -2.36. The third kappa shape index (κ3) is 4.40. The largest absolute Gasteiger partial charge is 0.496 e. The predicted molar refractivity (Wildman–Crippen MR) is 98.9 cm³/mol. The van der Waals surface area contributed by atoms with Crippen LogP contribution in [0.15, 0.2) is 23.4 Å². The Morgan fingerprint density at radius 1 is 1.18 bits per heavy atom. The SMILES string of the molecule is CC(NC(=O)C(F)=CCN1CC2OCCOC2C1)=C(C)OCC1C2COCC21. The van der Waals surface area contributed by atoms with Gasteiger partial charge in [0.25, 0.3) is 5.91 Å². The standard InChI is InChI=1S/C20H29FN2O5/c1-12(13(2)28-11-16-14-9-25-10-15(14)16)22-20(24)17(21)3-4-23-7-18-19(8-23)27-6-5-26-18/h3,14-16,18-19H,4-11H2,1-2H3,(H,22,24). The molecule has 7 nitrogen and oxygen atoms in total. The minimum absolute atomic E-state index is 0.0431. The monoisotopic (exact) mass is 396 g/mol. The highest BCUT2D eigenvalue weighted by Crippen LogP contribution is 2.50. The summed E-state index contributed by atoms with van der Waals surface area (Å²) in [5, 5.41) is 2.58. The second-order valence-corrected chi connectivity index (χ2v) is 8.06. The summed E-state index contributed by atoms with van der Waals surface area (Å²) >= 11 is 0. The van der Waals surface area contributed by atoms with Crippen LogP contribution in [0.25, 0.3) is 0 Å². The number of nitrogens with zero attached hydrogens (tertiary/aromatic N) is 1. The second-order valence-electron chi connectivity index (χ2n) is 8.06. The summed E-state index contributed by atoms with van der Waals surface area (Å²) in [4.78, 5) is 14.1. The summed E-state index contributed by atoms with van der Waals surface area (Å²) < 4.78 is 36.6. The van der Waals surface area contributed by atoms with Crippen molar-refractivity contribution < 1.29 is 28.1 Å². The van der Waals surface area contributed by atoms with Gasteiger partial charge in [0.1, 0.15) is 5.76 Å². The molecule has 4 aliphatic rings. The molecule has 28 heavy (non-hydrogen) atoms. The Kier molecular flexibility index (Phi) is 6.01. The van der Waals surface area contributed by atoms with Crippen LogP contribution >= 0.6 is 0 Å². The number of hydrogen-bond donors (Lipinski definition) is 1. The first-order valence-corrected chi connectivity index (χ1v) is 10.0. The van der Waals surface area contributed by atoms with E-state index in [1.807, 2.05) is 4.90 Å². The first-order valence-electron chi connectivity index (χ1n) is 10.0. The lowest BCUT2D eigenvalue weighted by atomic mass is 10.2. The molecule has 1 aliphatic carbocycles. The molecule has 4 fully saturated rings. The average molecular weight is 396 g/mol. The van der Waals surface area contributed by atoms with E-state index in [-0.39, 0.29) is 12.2 Å². The van der Waals surface area contributed by atoms with Crippen molar-refractivity contribution >= 4 is 5.91 Å². The van der Waals surface area contributed by atoms with Gasteiger partial charge in [0.2, 0.25) is 0 Å². The minimum atomic E-state index is -0.794. The highest BCUT2D eigenvalue weighted by Gasteiger charge is 2.54. The van der Waals surface area contributed by atoms with Crippen molar-refractivity contribution in [2.24, 2.45) is 17.8 Å². The van der Waals surface area contributed by atoms with Gasteiger partial charge in [-0.05, 0) is 31.8 Å². The first kappa shape index (κ1) is 19.8. The second kappa shape index (κ2) is 8.49. The van der Waals surface area contributed by atoms with Gasteiger partial charge in [0, 0.05) is 25.6 Å². The Balaban J connectivity index is 1.21. The number of halogens is 1. The van der Waals surface area contributed by atoms with E-state index in [1.165, 1.54) is 6.08 Å². The van der Waals surface area contributed by atoms with Gasteiger partial charge in [-0.1, -0.05) is 0 Å². The smallest absolute Gasteiger partial charge is 0.283 e. The van der Waals surface area contributed by atoms with Gasteiger partial charge in [-0.25, -0.2) is 4.39 Å². The number of carbonyl (C=O) groups excluding carboxylic acids is 1. The number of ether oxygens (including phenoxy) is 4. The van der Waals surface area contributed by atoms with Crippen LogP contribution < -0.4 is 5.32 Å². The van der Waals surface area contributed by atoms with Crippen LogP contribution in [0, 0.1) is 17.8 Å². The molecule has 0 aromatic heterocycles. The van der Waals surface area contributed by atoms with Gasteiger partial charge in [0.05, 0.1) is 50.9 Å². The molecule has 3 aliphatic heterocycles. The Bertz CT molecular complexity index is 643. The summed E-state index contributed by atoms with van der Waals surface area (Å²) in [6, 6.07) is 0. The summed E-state index contributed by atoms with van der Waals surface area (Å²) in [6.45, 7) is 8.71. The highest BCUT2D eigenvalue weighted by atomic mass is 19.1. The van der Waals surface area contributed by atoms with E-state index in [0.29, 0.717) is 68.7 Å². The maximum Gasteiger partial charge on any atom is 0.283 e. The molecule has 1 N–H and O–H groups in total. The number of allylic oxidation sites excluding steroid dienone is 2. The topological polar surface area (TPSA) is 69.3 Å². The van der Waals surface area contributed by atoms with Crippen molar-refractivity contribution in [1.29, 1.82) is 0 Å². The molecule has 0 spiro atoms. The van der Waals surface area contributed by atoms with Crippen molar-refractivity contribution in [2.75, 3.05) is 52.7 Å². The zero-order valence-corrected chi connectivity index (χ0v) is 16.5. The summed E-state index contributed by atoms with van der Waals surface area (Å²) in [6.07, 6.45) is 1.39. The lowest BCUT2D eigenvalue weighted by molar-refractivity contribution is -0.118. The molecule has 156 valence electrons. The zero-order valence-electron chi connectivity index (χ0n) is 16.5. The van der Waals surface area contributed by atoms with Crippen molar-refractivity contribution in [2.45, 2.75) is 26.1 Å². The van der Waals surface area contributed by atoms with Crippen LogP contribution in [-0.4, -0.2) is 75.7 Å². The number of fused-ring (bicyclic) bond motifs is 2. The summed E-state index contributed by atoms with van der Waals surface area (Å²) in [5.41, 5.74) is 0.532. The van der Waals surface area contributed by atoms with Crippen LogP contribution in [0.4, 0.5) is 4.39 Å². The Morgan fingerprint density at radius 2 is 1.82 bits per heavy atom. The number of hydrogen-bond acceptors (Lipinski definition) is 6. The molecular formula is C20H29FN2O5. The van der Waals surface area contributed by atoms with E-state index in [9.17, 15) is 9.18 Å². The van der Waals surface area contributed by atoms with E-state index in [4.69, 9.17) is 18.9 Å². The lowest BCUT2D eigenvalue weighted by Gasteiger charge is -2.24. The number of likely N-dealkylation sites (tertiary alicyclic amines) is 1. The number of rotatable bonds is 7. The normalized spacial score (nSPS) is 35.8. The molecule has 4 rings (SSSR count). The molecular weight excluding hydrogens is 367 g/mol. The molecule has 0 bridgehead atoms. The van der Waals surface area contributed by atoms with E-state index >= 15 is 0 Å². The number of nitrogens with one attached hydrogen (secondary N) is 1. The molecule has 3 heterocycles. The van der Waals surface area contributed by atoms with Gasteiger partial charge in [-0.2, -0.15) is 0 Å². The van der Waals surface area contributed by atoms with Gasteiger partial charge in [0.15, 0.2) is 5.83 Å². The number of amides is 1. The fourth-order valence-electron chi connectivity index (χ4n) is 4.24. The van der Waals surface area contributed by atoms with Crippen LogP contribution in [-0.2, 0) is 23.7 Å². The third-order valence-corrected chi connectivity index (χ3v) is 6.23. The molecule has 8 heteroatoms. The Hall–Kier alpha value is -1.48. The van der Waals surface area contributed by atoms with Crippen molar-refractivity contribution in [1.82, 2.24) is 10.2 Å². The molecule has 0 radical (unpaired) electrons. The molecule has 1 amide bonds. The molecule has 3 saturated heterocycles. The van der Waals surface area contributed by atoms with Gasteiger partial charge < -0.3 is 24.3 Å². The first-order chi connectivity index (χ1) is 13.5. The van der Waals surface area contributed by atoms with Crippen molar-refractivity contribution in [3.63, 3.8) is 0 Å². The zero-order chi connectivity index (χ0) is 19.7. The van der Waals surface area contributed by atoms with E-state index in [0.717, 1.165) is 13.2 Å². The van der Waals surface area contributed by atoms with Crippen molar-refractivity contribution in [3.8, 4) is 0 Å². The Labute approximate surface area is 164 Å². The summed E-state index contributed by atoms with van der Waals surface area (Å²) in [7, 11) is 0. The van der Waals surface area contributed by atoms with E-state index in [1.54, 1.807) is 13.8 Å². The van der Waals surface area contributed by atoms with Crippen LogP contribution in [0.5, 0.6) is 0 Å². The molecule has 0 aromatic carbocycles. The van der Waals surface area contributed by atoms with Crippen LogP contribution in [0.2, 0.25) is 0 Å². The average Bonchev–Trinajstić information content (AvgIpc) is 3.05. The third-order valence-electron chi connectivity index (χ3n) is 6.23. The molecule has 0 aromatic rings. The quantitative estimate of drug-likeness (QED) is 0.516. The molecule has 4 atom stereocenters. The maximum atomic E-state index is 14.2. The fraction of sp³-hybridized carbons (Fsp3) is 0.750.